The number of ether oxygens (including phenoxy) is 1. The van der Waals surface area contributed by atoms with Crippen LogP contribution in [0.1, 0.15) is 23.8 Å². The van der Waals surface area contributed by atoms with Gasteiger partial charge < -0.3 is 15.4 Å². The number of hydrogen-bond acceptors (Lipinski definition) is 4. The third-order valence-electron chi connectivity index (χ3n) is 3.21. The number of rotatable bonds is 8. The van der Waals surface area contributed by atoms with Crippen LogP contribution in [-0.2, 0) is 13.0 Å². The third-order valence-corrected chi connectivity index (χ3v) is 4.14. The molecule has 124 valence electrons. The van der Waals surface area contributed by atoms with Gasteiger partial charge in [0.2, 0.25) is 5.88 Å². The summed E-state index contributed by atoms with van der Waals surface area (Å²) < 4.78 is 5.67. The zero-order chi connectivity index (χ0) is 16.3. The molecule has 0 aliphatic rings. The van der Waals surface area contributed by atoms with Crippen molar-refractivity contribution < 1.29 is 4.74 Å². The smallest absolute Gasteiger partial charge is 0.218 e. The number of pyridine rings is 1. The van der Waals surface area contributed by atoms with E-state index in [-0.39, 0.29) is 0 Å². The van der Waals surface area contributed by atoms with Crippen LogP contribution < -0.4 is 15.4 Å². The first-order valence-corrected chi connectivity index (χ1v) is 8.75. The van der Waals surface area contributed by atoms with Gasteiger partial charge in [-0.3, -0.25) is 4.99 Å². The molecule has 2 heterocycles. The van der Waals surface area contributed by atoms with E-state index in [1.165, 1.54) is 4.88 Å². The van der Waals surface area contributed by atoms with Crippen molar-refractivity contribution in [3.8, 4) is 5.88 Å². The summed E-state index contributed by atoms with van der Waals surface area (Å²) in [5.74, 6) is 1.47. The Morgan fingerprint density at radius 1 is 1.30 bits per heavy atom. The molecule has 0 amide bonds. The third kappa shape index (κ3) is 5.90. The quantitative estimate of drug-likeness (QED) is 0.576. The van der Waals surface area contributed by atoms with Crippen LogP contribution in [0.15, 0.2) is 40.8 Å². The number of aliphatic imine (C=N–C) groups is 1. The van der Waals surface area contributed by atoms with Gasteiger partial charge in [-0.1, -0.05) is 19.1 Å². The maximum Gasteiger partial charge on any atom is 0.218 e. The maximum absolute atomic E-state index is 5.67. The van der Waals surface area contributed by atoms with Crippen LogP contribution in [0.4, 0.5) is 0 Å². The molecule has 2 rings (SSSR count). The van der Waals surface area contributed by atoms with E-state index >= 15 is 0 Å². The molecule has 0 unspecified atom stereocenters. The van der Waals surface area contributed by atoms with E-state index in [0.717, 1.165) is 30.9 Å². The molecule has 23 heavy (non-hydrogen) atoms. The lowest BCUT2D eigenvalue weighted by Crippen LogP contribution is -2.37. The Kier molecular flexibility index (Phi) is 7.39. The summed E-state index contributed by atoms with van der Waals surface area (Å²) in [6, 6.07) is 8.16. The highest BCUT2D eigenvalue weighted by Crippen LogP contribution is 2.14. The molecule has 0 aliphatic heterocycles. The van der Waals surface area contributed by atoms with Crippen LogP contribution in [0.25, 0.3) is 0 Å². The Morgan fingerprint density at radius 3 is 2.96 bits per heavy atom. The lowest BCUT2D eigenvalue weighted by Gasteiger charge is -2.13. The number of nitrogens with one attached hydrogen (secondary N) is 2. The Hall–Kier alpha value is -2.08. The van der Waals surface area contributed by atoms with Gasteiger partial charge in [-0.15, -0.1) is 11.3 Å². The van der Waals surface area contributed by atoms with Crippen LogP contribution >= 0.6 is 11.3 Å². The molecule has 2 aromatic rings. The lowest BCUT2D eigenvalue weighted by atomic mass is 10.2. The summed E-state index contributed by atoms with van der Waals surface area (Å²) in [4.78, 5) is 9.92. The molecule has 0 saturated heterocycles. The van der Waals surface area contributed by atoms with E-state index in [0.29, 0.717) is 19.0 Å². The lowest BCUT2D eigenvalue weighted by molar-refractivity contribution is 0.301. The van der Waals surface area contributed by atoms with Crippen molar-refractivity contribution in [1.29, 1.82) is 0 Å². The molecule has 0 bridgehead atoms. The highest BCUT2D eigenvalue weighted by molar-refractivity contribution is 7.09. The molecule has 0 radical (unpaired) electrons. The summed E-state index contributed by atoms with van der Waals surface area (Å²) in [7, 11) is 1.78. The van der Waals surface area contributed by atoms with Crippen LogP contribution in [0, 0.1) is 0 Å². The molecule has 0 aliphatic carbocycles. The standard InChI is InChI=1S/C17H24N4OS/c1-3-11-22-16-14(6-4-9-19-16)13-21-17(18-2)20-10-8-15-7-5-12-23-15/h4-7,9,12H,3,8,10-11,13H2,1-2H3,(H2,18,20,21). The van der Waals surface area contributed by atoms with E-state index in [1.54, 1.807) is 24.6 Å². The highest BCUT2D eigenvalue weighted by atomic mass is 32.1. The Morgan fingerprint density at radius 2 is 2.22 bits per heavy atom. The number of nitrogens with zero attached hydrogens (tertiary/aromatic N) is 2. The summed E-state index contributed by atoms with van der Waals surface area (Å²) in [5.41, 5.74) is 1.03. The number of guanidine groups is 1. The zero-order valence-corrected chi connectivity index (χ0v) is 14.5. The van der Waals surface area contributed by atoms with E-state index in [4.69, 9.17) is 4.74 Å². The minimum atomic E-state index is 0.631. The van der Waals surface area contributed by atoms with Crippen molar-refractivity contribution in [3.63, 3.8) is 0 Å². The fourth-order valence-electron chi connectivity index (χ4n) is 2.05. The van der Waals surface area contributed by atoms with Gasteiger partial charge in [0.15, 0.2) is 5.96 Å². The first kappa shape index (κ1) is 17.3. The number of aromatic nitrogens is 1. The summed E-state index contributed by atoms with van der Waals surface area (Å²) in [5, 5.41) is 8.73. The second-order valence-electron chi connectivity index (χ2n) is 5.00. The fourth-order valence-corrected chi connectivity index (χ4v) is 2.75. The monoisotopic (exact) mass is 332 g/mol. The molecule has 0 saturated carbocycles. The van der Waals surface area contributed by atoms with Gasteiger partial charge >= 0.3 is 0 Å². The first-order valence-electron chi connectivity index (χ1n) is 7.87. The predicted molar refractivity (Wildman–Crippen MR) is 96.2 cm³/mol. The molecule has 5 nitrogen and oxygen atoms in total. The second-order valence-corrected chi connectivity index (χ2v) is 6.03. The van der Waals surface area contributed by atoms with Gasteiger partial charge in [0.1, 0.15) is 0 Å². The summed E-state index contributed by atoms with van der Waals surface area (Å²) in [6.07, 6.45) is 3.72. The van der Waals surface area contributed by atoms with Crippen LogP contribution in [-0.4, -0.2) is 31.1 Å². The van der Waals surface area contributed by atoms with E-state index in [9.17, 15) is 0 Å². The average Bonchev–Trinajstić information content (AvgIpc) is 3.10. The van der Waals surface area contributed by atoms with Gasteiger partial charge in [-0.05, 0) is 30.4 Å². The van der Waals surface area contributed by atoms with Crippen molar-refractivity contribution in [1.82, 2.24) is 15.6 Å². The van der Waals surface area contributed by atoms with E-state index < -0.39 is 0 Å². The minimum absolute atomic E-state index is 0.631. The number of hydrogen-bond donors (Lipinski definition) is 2. The maximum atomic E-state index is 5.67. The predicted octanol–water partition coefficient (Wildman–Crippen LogP) is 2.84. The first-order chi connectivity index (χ1) is 11.3. The largest absolute Gasteiger partial charge is 0.477 e. The van der Waals surface area contributed by atoms with Crippen molar-refractivity contribution in [3.05, 3.63) is 46.3 Å². The van der Waals surface area contributed by atoms with Gasteiger partial charge in [-0.25, -0.2) is 4.98 Å². The van der Waals surface area contributed by atoms with Crippen LogP contribution in [0.5, 0.6) is 5.88 Å². The van der Waals surface area contributed by atoms with Gasteiger partial charge in [0.25, 0.3) is 0 Å². The van der Waals surface area contributed by atoms with Crippen LogP contribution in [0.2, 0.25) is 0 Å². The Labute approximate surface area is 141 Å². The van der Waals surface area contributed by atoms with Crippen LogP contribution in [0.3, 0.4) is 0 Å². The molecule has 6 heteroatoms. The number of thiophene rings is 1. The molecule has 2 aromatic heterocycles. The molecular weight excluding hydrogens is 308 g/mol. The molecule has 2 N–H and O–H groups in total. The fraction of sp³-hybridized carbons (Fsp3) is 0.412. The van der Waals surface area contributed by atoms with Crippen molar-refractivity contribution >= 4 is 17.3 Å². The van der Waals surface area contributed by atoms with Crippen molar-refractivity contribution in [2.24, 2.45) is 4.99 Å². The molecular formula is C17H24N4OS. The van der Waals surface area contributed by atoms with E-state index in [1.807, 2.05) is 12.1 Å². The highest BCUT2D eigenvalue weighted by Gasteiger charge is 2.05. The average molecular weight is 332 g/mol. The second kappa shape index (κ2) is 9.84. The Bertz CT molecular complexity index is 598. The molecule has 0 atom stereocenters. The minimum Gasteiger partial charge on any atom is -0.477 e. The Balaban J connectivity index is 1.81. The van der Waals surface area contributed by atoms with E-state index in [2.05, 4.69) is 45.0 Å². The van der Waals surface area contributed by atoms with Gasteiger partial charge in [0, 0.05) is 36.8 Å². The molecule has 0 fully saturated rings. The zero-order valence-electron chi connectivity index (χ0n) is 13.7. The topological polar surface area (TPSA) is 58.5 Å². The van der Waals surface area contributed by atoms with Crippen molar-refractivity contribution in [2.45, 2.75) is 26.3 Å². The normalized spacial score (nSPS) is 11.3. The SMILES string of the molecule is CCCOc1ncccc1CNC(=NC)NCCc1cccs1. The summed E-state index contributed by atoms with van der Waals surface area (Å²) in [6.45, 7) is 4.25. The van der Waals surface area contributed by atoms with Crippen molar-refractivity contribution in [2.75, 3.05) is 20.2 Å². The van der Waals surface area contributed by atoms with Gasteiger partial charge in [-0.2, -0.15) is 0 Å². The molecule has 0 aromatic carbocycles. The van der Waals surface area contributed by atoms with Gasteiger partial charge in [0.05, 0.1) is 6.61 Å². The summed E-state index contributed by atoms with van der Waals surface area (Å²) >= 11 is 1.78. The molecule has 0 spiro atoms.